The van der Waals surface area contributed by atoms with Crippen molar-refractivity contribution in [2.24, 2.45) is 5.92 Å². The van der Waals surface area contributed by atoms with E-state index in [9.17, 15) is 8.42 Å². The van der Waals surface area contributed by atoms with E-state index in [-0.39, 0.29) is 12.5 Å². The number of nitrogens with one attached hydrogen (secondary N) is 1. The summed E-state index contributed by atoms with van der Waals surface area (Å²) in [5.74, 6) is 1.05. The van der Waals surface area contributed by atoms with E-state index in [0.717, 1.165) is 17.1 Å². The summed E-state index contributed by atoms with van der Waals surface area (Å²) in [5, 5.41) is 8.95. The number of rotatable bonds is 8. The first-order valence-corrected chi connectivity index (χ1v) is 8.80. The first-order valence-electron chi connectivity index (χ1n) is 6.33. The van der Waals surface area contributed by atoms with Gasteiger partial charge in [0.25, 0.3) is 0 Å². The fraction of sp³-hybridized carbons (Fsp3) is 0.538. The van der Waals surface area contributed by atoms with Gasteiger partial charge in [0.05, 0.1) is 4.90 Å². The molecule has 2 N–H and O–H groups in total. The Morgan fingerprint density at radius 3 is 2.47 bits per heavy atom. The summed E-state index contributed by atoms with van der Waals surface area (Å²) in [6.45, 7) is 4.51. The summed E-state index contributed by atoms with van der Waals surface area (Å²) in [7, 11) is -3.37. The first kappa shape index (κ1) is 16.5. The number of hydrogen-bond acceptors (Lipinski definition) is 4. The molecule has 1 atom stereocenters. The first-order chi connectivity index (χ1) is 8.99. The van der Waals surface area contributed by atoms with Crippen molar-refractivity contribution in [1.29, 1.82) is 0 Å². The molecule has 6 heteroatoms. The number of thioether (sulfide) groups is 1. The lowest BCUT2D eigenvalue weighted by molar-refractivity contribution is 0.250. The fourth-order valence-electron chi connectivity index (χ4n) is 1.33. The van der Waals surface area contributed by atoms with Gasteiger partial charge in [-0.1, -0.05) is 13.8 Å². The van der Waals surface area contributed by atoms with E-state index in [2.05, 4.69) is 4.72 Å². The number of aliphatic hydroxyl groups excluding tert-OH is 1. The molecule has 4 nitrogen and oxygen atoms in total. The molecule has 0 saturated carbocycles. The van der Waals surface area contributed by atoms with Crippen LogP contribution in [-0.2, 0) is 10.0 Å². The Bertz CT molecular complexity index is 471. The summed E-state index contributed by atoms with van der Waals surface area (Å²) in [5.41, 5.74) is 0. The van der Waals surface area contributed by atoms with E-state index in [1.807, 2.05) is 13.8 Å². The van der Waals surface area contributed by atoms with Gasteiger partial charge in [0, 0.05) is 23.8 Å². The summed E-state index contributed by atoms with van der Waals surface area (Å²) in [6, 6.07) is 6.83. The van der Waals surface area contributed by atoms with E-state index >= 15 is 0 Å². The van der Waals surface area contributed by atoms with E-state index in [1.54, 1.807) is 36.0 Å². The van der Waals surface area contributed by atoms with Crippen LogP contribution in [0, 0.1) is 5.92 Å². The highest BCUT2D eigenvalue weighted by molar-refractivity contribution is 7.99. The van der Waals surface area contributed by atoms with E-state index in [4.69, 9.17) is 5.11 Å². The minimum atomic E-state index is -3.37. The summed E-state index contributed by atoms with van der Waals surface area (Å²) in [4.78, 5) is 1.30. The number of hydrogen-bond donors (Lipinski definition) is 2. The van der Waals surface area contributed by atoms with Gasteiger partial charge >= 0.3 is 0 Å². The van der Waals surface area contributed by atoms with Gasteiger partial charge in [-0.15, -0.1) is 11.8 Å². The maximum absolute atomic E-state index is 11.9. The van der Waals surface area contributed by atoms with Gasteiger partial charge in [0.2, 0.25) is 10.0 Å². The molecule has 0 radical (unpaired) electrons. The molecular weight excluding hydrogens is 282 g/mol. The molecular formula is C13H21NO3S2. The van der Waals surface area contributed by atoms with Crippen LogP contribution in [0.25, 0.3) is 0 Å². The molecule has 0 saturated heterocycles. The van der Waals surface area contributed by atoms with Crippen molar-refractivity contribution < 1.29 is 13.5 Å². The largest absolute Gasteiger partial charge is 0.396 e. The Morgan fingerprint density at radius 1 is 1.32 bits per heavy atom. The van der Waals surface area contributed by atoms with Gasteiger partial charge in [-0.25, -0.2) is 13.1 Å². The third-order valence-electron chi connectivity index (χ3n) is 2.52. The molecule has 19 heavy (non-hydrogen) atoms. The van der Waals surface area contributed by atoms with Crippen LogP contribution in [0.3, 0.4) is 0 Å². The maximum atomic E-state index is 11.9. The van der Waals surface area contributed by atoms with Crippen LogP contribution in [0.1, 0.15) is 20.3 Å². The normalized spacial score (nSPS) is 13.4. The zero-order valence-electron chi connectivity index (χ0n) is 11.3. The zero-order valence-corrected chi connectivity index (χ0v) is 12.9. The van der Waals surface area contributed by atoms with Crippen LogP contribution in [0.4, 0.5) is 0 Å². The van der Waals surface area contributed by atoms with Crippen molar-refractivity contribution in [1.82, 2.24) is 4.72 Å². The van der Waals surface area contributed by atoms with Crippen molar-refractivity contribution in [3.63, 3.8) is 0 Å². The maximum Gasteiger partial charge on any atom is 0.240 e. The topological polar surface area (TPSA) is 66.4 Å². The Hall–Kier alpha value is -0.560. The quantitative estimate of drug-likeness (QED) is 0.722. The second-order valence-corrected chi connectivity index (χ2v) is 7.33. The molecule has 1 rings (SSSR count). The van der Waals surface area contributed by atoms with Gasteiger partial charge in [-0.2, -0.15) is 0 Å². The molecule has 0 aliphatic heterocycles. The van der Waals surface area contributed by atoms with E-state index < -0.39 is 10.0 Å². The standard InChI is InChI=1S/C13H21NO3S2/c1-3-8-14-19(16,17)13-6-4-12(5-7-13)18-10-11(2)9-15/h4-7,11,14-15H,3,8-10H2,1-2H3. The predicted molar refractivity (Wildman–Crippen MR) is 78.9 cm³/mol. The van der Waals surface area contributed by atoms with Crippen molar-refractivity contribution in [2.45, 2.75) is 30.1 Å². The molecule has 0 spiro atoms. The predicted octanol–water partition coefficient (Wildman–Crippen LogP) is 2.10. The van der Waals surface area contributed by atoms with Crippen LogP contribution in [-0.4, -0.2) is 32.4 Å². The van der Waals surface area contributed by atoms with E-state index in [1.165, 1.54) is 0 Å². The lowest BCUT2D eigenvalue weighted by atomic mass is 10.2. The molecule has 1 unspecified atom stereocenters. The van der Waals surface area contributed by atoms with Crippen molar-refractivity contribution in [3.8, 4) is 0 Å². The van der Waals surface area contributed by atoms with Crippen molar-refractivity contribution in [3.05, 3.63) is 24.3 Å². The molecule has 0 aliphatic carbocycles. The van der Waals surface area contributed by atoms with Gasteiger partial charge in [0.15, 0.2) is 0 Å². The number of aliphatic hydroxyl groups is 1. The minimum Gasteiger partial charge on any atom is -0.396 e. The Balaban J connectivity index is 2.65. The van der Waals surface area contributed by atoms with Crippen LogP contribution in [0.15, 0.2) is 34.1 Å². The van der Waals surface area contributed by atoms with E-state index in [0.29, 0.717) is 11.4 Å². The van der Waals surface area contributed by atoms with Gasteiger partial charge in [0.1, 0.15) is 0 Å². The number of benzene rings is 1. The average molecular weight is 303 g/mol. The van der Waals surface area contributed by atoms with Gasteiger partial charge in [-0.3, -0.25) is 0 Å². The third-order valence-corrected chi connectivity index (χ3v) is 5.34. The lowest BCUT2D eigenvalue weighted by Crippen LogP contribution is -2.24. The molecule has 108 valence electrons. The molecule has 0 amide bonds. The highest BCUT2D eigenvalue weighted by atomic mass is 32.2. The smallest absolute Gasteiger partial charge is 0.240 e. The SMILES string of the molecule is CCCNS(=O)(=O)c1ccc(SCC(C)CO)cc1. The molecule has 1 aromatic carbocycles. The van der Waals surface area contributed by atoms with Crippen molar-refractivity contribution >= 4 is 21.8 Å². The monoisotopic (exact) mass is 303 g/mol. The van der Waals surface area contributed by atoms with Crippen LogP contribution in [0.5, 0.6) is 0 Å². The summed E-state index contributed by atoms with van der Waals surface area (Å²) in [6.07, 6.45) is 0.770. The van der Waals surface area contributed by atoms with Crippen molar-refractivity contribution in [2.75, 3.05) is 18.9 Å². The van der Waals surface area contributed by atoms with Crippen LogP contribution < -0.4 is 4.72 Å². The highest BCUT2D eigenvalue weighted by Crippen LogP contribution is 2.22. The zero-order chi connectivity index (χ0) is 14.3. The molecule has 0 aliphatic rings. The molecule has 1 aromatic rings. The fourth-order valence-corrected chi connectivity index (χ4v) is 3.37. The van der Waals surface area contributed by atoms with Crippen LogP contribution in [0.2, 0.25) is 0 Å². The summed E-state index contributed by atoms with van der Waals surface area (Å²) >= 11 is 1.62. The van der Waals surface area contributed by atoms with Crippen LogP contribution >= 0.6 is 11.8 Å². The summed E-state index contributed by atoms with van der Waals surface area (Å²) < 4.78 is 26.3. The second-order valence-electron chi connectivity index (χ2n) is 4.47. The third kappa shape index (κ3) is 5.52. The average Bonchev–Trinajstić information content (AvgIpc) is 2.43. The Kier molecular flexibility index (Phi) is 6.85. The second kappa shape index (κ2) is 7.89. The molecule has 0 bridgehead atoms. The molecule has 0 fully saturated rings. The number of sulfonamides is 1. The van der Waals surface area contributed by atoms with Gasteiger partial charge in [-0.05, 0) is 36.6 Å². The minimum absolute atomic E-state index is 0.167. The molecule has 0 aromatic heterocycles. The van der Waals surface area contributed by atoms with Gasteiger partial charge < -0.3 is 5.11 Å². The Labute approximate surface area is 119 Å². The highest BCUT2D eigenvalue weighted by Gasteiger charge is 2.12. The lowest BCUT2D eigenvalue weighted by Gasteiger charge is -2.08. The molecule has 0 heterocycles. The Morgan fingerprint density at radius 2 is 1.95 bits per heavy atom.